The fourth-order valence-electron chi connectivity index (χ4n) is 2.49. The Kier molecular flexibility index (Phi) is 5.51. The highest BCUT2D eigenvalue weighted by Crippen LogP contribution is 2.27. The molecular formula is C12H24N2O. The van der Waals surface area contributed by atoms with Gasteiger partial charge in [0.05, 0.1) is 0 Å². The maximum atomic E-state index is 11.4. The van der Waals surface area contributed by atoms with Crippen LogP contribution >= 0.6 is 0 Å². The van der Waals surface area contributed by atoms with Gasteiger partial charge in [-0.15, -0.1) is 0 Å². The first-order valence-corrected chi connectivity index (χ1v) is 6.32. The highest BCUT2D eigenvalue weighted by Gasteiger charge is 2.25. The first kappa shape index (κ1) is 12.3. The smallest absolute Gasteiger partial charge is 0.315 e. The average molecular weight is 212 g/mol. The molecule has 0 aromatic heterocycles. The monoisotopic (exact) mass is 212 g/mol. The second-order valence-corrected chi connectivity index (χ2v) is 4.44. The summed E-state index contributed by atoms with van der Waals surface area (Å²) in [6, 6.07) is 0.413. The number of carbonyl (C=O) groups excluding carboxylic acids is 1. The summed E-state index contributed by atoms with van der Waals surface area (Å²) in [4.78, 5) is 11.4. The van der Waals surface area contributed by atoms with E-state index < -0.39 is 0 Å². The van der Waals surface area contributed by atoms with Crippen molar-refractivity contribution >= 4 is 6.03 Å². The van der Waals surface area contributed by atoms with Crippen LogP contribution in [0, 0.1) is 5.92 Å². The van der Waals surface area contributed by atoms with Crippen molar-refractivity contribution in [2.45, 2.75) is 58.4 Å². The normalized spacial score (nSPS) is 26.0. The Morgan fingerprint density at radius 1 is 1.27 bits per heavy atom. The van der Waals surface area contributed by atoms with Gasteiger partial charge in [0.1, 0.15) is 0 Å². The van der Waals surface area contributed by atoms with Crippen molar-refractivity contribution in [1.29, 1.82) is 0 Å². The summed E-state index contributed by atoms with van der Waals surface area (Å²) in [5.74, 6) is 0.700. The molecule has 0 unspecified atom stereocenters. The van der Waals surface area contributed by atoms with Gasteiger partial charge in [-0.1, -0.05) is 26.2 Å². The van der Waals surface area contributed by atoms with E-state index in [1.807, 2.05) is 6.92 Å². The Balaban J connectivity index is 2.38. The van der Waals surface area contributed by atoms with Gasteiger partial charge in [0, 0.05) is 12.6 Å². The molecule has 0 bridgehead atoms. The lowest BCUT2D eigenvalue weighted by Gasteiger charge is -2.32. The van der Waals surface area contributed by atoms with Gasteiger partial charge in [-0.25, -0.2) is 4.79 Å². The third kappa shape index (κ3) is 4.10. The zero-order valence-corrected chi connectivity index (χ0v) is 10.0. The molecule has 0 radical (unpaired) electrons. The average Bonchev–Trinajstić information content (AvgIpc) is 2.21. The van der Waals surface area contributed by atoms with E-state index in [9.17, 15) is 4.79 Å². The molecule has 0 aliphatic heterocycles. The predicted molar refractivity (Wildman–Crippen MR) is 62.9 cm³/mol. The highest BCUT2D eigenvalue weighted by atomic mass is 16.2. The molecule has 0 saturated heterocycles. The Labute approximate surface area is 93.0 Å². The van der Waals surface area contributed by atoms with E-state index in [-0.39, 0.29) is 6.03 Å². The van der Waals surface area contributed by atoms with Crippen LogP contribution < -0.4 is 10.6 Å². The van der Waals surface area contributed by atoms with Gasteiger partial charge in [-0.05, 0) is 32.1 Å². The molecule has 0 spiro atoms. The minimum atomic E-state index is 0.00510. The van der Waals surface area contributed by atoms with Crippen LogP contribution in [0.4, 0.5) is 4.79 Å². The lowest BCUT2D eigenvalue weighted by atomic mass is 9.82. The molecule has 0 aromatic carbocycles. The summed E-state index contributed by atoms with van der Waals surface area (Å²) in [6.07, 6.45) is 7.50. The number of amides is 2. The van der Waals surface area contributed by atoms with E-state index in [1.54, 1.807) is 0 Å². The van der Waals surface area contributed by atoms with Crippen LogP contribution in [0.25, 0.3) is 0 Å². The third-order valence-electron chi connectivity index (χ3n) is 3.22. The van der Waals surface area contributed by atoms with Crippen molar-refractivity contribution in [3.05, 3.63) is 0 Å². The maximum absolute atomic E-state index is 11.4. The summed E-state index contributed by atoms with van der Waals surface area (Å²) in [5.41, 5.74) is 0. The SMILES string of the molecule is CCC[C@H]1CCCC[C@H]1NC(=O)NCC. The molecule has 1 saturated carbocycles. The van der Waals surface area contributed by atoms with Gasteiger partial charge in [-0.2, -0.15) is 0 Å². The number of urea groups is 1. The lowest BCUT2D eigenvalue weighted by molar-refractivity contribution is 0.214. The Bertz CT molecular complexity index is 192. The lowest BCUT2D eigenvalue weighted by Crippen LogP contribution is -2.46. The third-order valence-corrected chi connectivity index (χ3v) is 3.22. The Morgan fingerprint density at radius 2 is 2.00 bits per heavy atom. The molecule has 2 amide bonds. The zero-order valence-electron chi connectivity index (χ0n) is 10.0. The Hall–Kier alpha value is -0.730. The topological polar surface area (TPSA) is 41.1 Å². The van der Waals surface area contributed by atoms with Gasteiger partial charge in [0.15, 0.2) is 0 Å². The molecule has 15 heavy (non-hydrogen) atoms. The molecule has 1 fully saturated rings. The van der Waals surface area contributed by atoms with E-state index in [2.05, 4.69) is 17.6 Å². The van der Waals surface area contributed by atoms with Crippen LogP contribution in [0.3, 0.4) is 0 Å². The number of hydrogen-bond donors (Lipinski definition) is 2. The number of hydrogen-bond acceptors (Lipinski definition) is 1. The number of nitrogens with one attached hydrogen (secondary N) is 2. The van der Waals surface area contributed by atoms with E-state index in [4.69, 9.17) is 0 Å². The Morgan fingerprint density at radius 3 is 2.67 bits per heavy atom. The van der Waals surface area contributed by atoms with Crippen molar-refractivity contribution < 1.29 is 4.79 Å². The van der Waals surface area contributed by atoms with Crippen LogP contribution in [0.1, 0.15) is 52.4 Å². The number of rotatable bonds is 4. The summed E-state index contributed by atoms with van der Waals surface area (Å²) >= 11 is 0. The van der Waals surface area contributed by atoms with Crippen LogP contribution in [-0.2, 0) is 0 Å². The van der Waals surface area contributed by atoms with E-state index in [0.29, 0.717) is 18.5 Å². The second kappa shape index (κ2) is 6.70. The van der Waals surface area contributed by atoms with Gasteiger partial charge in [-0.3, -0.25) is 0 Å². The summed E-state index contributed by atoms with van der Waals surface area (Å²) in [7, 11) is 0. The largest absolute Gasteiger partial charge is 0.338 e. The van der Waals surface area contributed by atoms with Crippen molar-refractivity contribution in [3.8, 4) is 0 Å². The second-order valence-electron chi connectivity index (χ2n) is 4.44. The highest BCUT2D eigenvalue weighted by molar-refractivity contribution is 5.74. The molecule has 88 valence electrons. The summed E-state index contributed by atoms with van der Waals surface area (Å²) in [6.45, 7) is 4.87. The standard InChI is InChI=1S/C12H24N2O/c1-3-7-10-8-5-6-9-11(10)14-12(15)13-4-2/h10-11H,3-9H2,1-2H3,(H2,13,14,15)/t10-,11+/m0/s1. The minimum Gasteiger partial charge on any atom is -0.338 e. The fraction of sp³-hybridized carbons (Fsp3) is 0.917. The maximum Gasteiger partial charge on any atom is 0.315 e. The zero-order chi connectivity index (χ0) is 11.1. The molecule has 3 nitrogen and oxygen atoms in total. The number of carbonyl (C=O) groups is 1. The van der Waals surface area contributed by atoms with Gasteiger partial charge >= 0.3 is 6.03 Å². The minimum absolute atomic E-state index is 0.00510. The van der Waals surface area contributed by atoms with Gasteiger partial charge in [0.2, 0.25) is 0 Å². The molecule has 0 heterocycles. The van der Waals surface area contributed by atoms with Gasteiger partial charge < -0.3 is 10.6 Å². The van der Waals surface area contributed by atoms with E-state index >= 15 is 0 Å². The van der Waals surface area contributed by atoms with Crippen molar-refractivity contribution in [1.82, 2.24) is 10.6 Å². The molecule has 1 rings (SSSR count). The molecule has 2 atom stereocenters. The van der Waals surface area contributed by atoms with Crippen LogP contribution in [0.2, 0.25) is 0 Å². The molecule has 1 aliphatic rings. The summed E-state index contributed by atoms with van der Waals surface area (Å²) in [5, 5.41) is 5.91. The van der Waals surface area contributed by atoms with Crippen LogP contribution in [0.5, 0.6) is 0 Å². The van der Waals surface area contributed by atoms with Gasteiger partial charge in [0.25, 0.3) is 0 Å². The van der Waals surface area contributed by atoms with Crippen molar-refractivity contribution in [2.24, 2.45) is 5.92 Å². The first-order valence-electron chi connectivity index (χ1n) is 6.32. The predicted octanol–water partition coefficient (Wildman–Crippen LogP) is 2.66. The van der Waals surface area contributed by atoms with Crippen LogP contribution in [0.15, 0.2) is 0 Å². The first-order chi connectivity index (χ1) is 7.27. The molecular weight excluding hydrogens is 188 g/mol. The van der Waals surface area contributed by atoms with Crippen molar-refractivity contribution in [2.75, 3.05) is 6.54 Å². The fourth-order valence-corrected chi connectivity index (χ4v) is 2.49. The summed E-state index contributed by atoms with van der Waals surface area (Å²) < 4.78 is 0. The molecule has 0 aromatic rings. The molecule has 3 heteroatoms. The molecule has 2 N–H and O–H groups in total. The quantitative estimate of drug-likeness (QED) is 0.739. The van der Waals surface area contributed by atoms with E-state index in [0.717, 1.165) is 6.42 Å². The van der Waals surface area contributed by atoms with Crippen molar-refractivity contribution in [3.63, 3.8) is 0 Å². The van der Waals surface area contributed by atoms with E-state index in [1.165, 1.54) is 32.1 Å². The molecule has 1 aliphatic carbocycles. The van der Waals surface area contributed by atoms with Crippen LogP contribution in [-0.4, -0.2) is 18.6 Å².